The van der Waals surface area contributed by atoms with E-state index in [4.69, 9.17) is 9.47 Å². The van der Waals surface area contributed by atoms with Gasteiger partial charge in [0.15, 0.2) is 0 Å². The van der Waals surface area contributed by atoms with Crippen LogP contribution in [0.3, 0.4) is 0 Å². The maximum Gasteiger partial charge on any atom is 0.357 e. The minimum Gasteiger partial charge on any atom is -0.497 e. The quantitative estimate of drug-likeness (QED) is 0.780. The van der Waals surface area contributed by atoms with Gasteiger partial charge in [0.25, 0.3) is 0 Å². The third-order valence-electron chi connectivity index (χ3n) is 2.48. The van der Waals surface area contributed by atoms with Crippen LogP contribution >= 0.6 is 0 Å². The summed E-state index contributed by atoms with van der Waals surface area (Å²) < 4.78 is 10.2. The summed E-state index contributed by atoms with van der Waals surface area (Å²) in [4.78, 5) is 15.8. The molecule has 18 heavy (non-hydrogen) atoms. The van der Waals surface area contributed by atoms with E-state index >= 15 is 0 Å². The first-order chi connectivity index (χ1) is 8.60. The van der Waals surface area contributed by atoms with Crippen molar-refractivity contribution in [1.29, 1.82) is 0 Å². The fraction of sp³-hybridized carbons (Fsp3) is 0.286. The number of carbonyl (C=O) groups excluding carboxylic acids is 1. The van der Waals surface area contributed by atoms with E-state index in [1.54, 1.807) is 19.4 Å². The van der Waals surface area contributed by atoms with Gasteiger partial charge in [0.05, 0.1) is 13.2 Å². The molecule has 0 amide bonds. The van der Waals surface area contributed by atoms with Gasteiger partial charge in [0.2, 0.25) is 0 Å². The molecule has 0 bridgehead atoms. The first kappa shape index (κ1) is 12.4. The smallest absolute Gasteiger partial charge is 0.357 e. The van der Waals surface area contributed by atoms with Gasteiger partial charge >= 0.3 is 5.97 Å². The van der Waals surface area contributed by atoms with E-state index in [0.717, 1.165) is 16.5 Å². The van der Waals surface area contributed by atoms with Crippen molar-refractivity contribution in [3.05, 3.63) is 36.2 Å². The standard InChI is InChI=1S/C14H15NO3/c1-9(2)18-14(16)13-7-10-4-5-12(17-3)6-11(10)8-15-13/h4-9H,1-3H3. The summed E-state index contributed by atoms with van der Waals surface area (Å²) >= 11 is 0. The van der Waals surface area contributed by atoms with Gasteiger partial charge in [0, 0.05) is 11.6 Å². The maximum absolute atomic E-state index is 11.7. The van der Waals surface area contributed by atoms with Crippen LogP contribution in [0.1, 0.15) is 24.3 Å². The van der Waals surface area contributed by atoms with Crippen LogP contribution in [0.15, 0.2) is 30.5 Å². The van der Waals surface area contributed by atoms with Crippen molar-refractivity contribution in [2.45, 2.75) is 20.0 Å². The second-order valence-electron chi connectivity index (χ2n) is 4.24. The highest BCUT2D eigenvalue weighted by Crippen LogP contribution is 2.20. The van der Waals surface area contributed by atoms with Crippen molar-refractivity contribution in [2.24, 2.45) is 0 Å². The molecule has 0 spiro atoms. The number of nitrogens with zero attached hydrogens (tertiary/aromatic N) is 1. The van der Waals surface area contributed by atoms with Crippen LogP contribution in [0.2, 0.25) is 0 Å². The molecule has 0 N–H and O–H groups in total. The summed E-state index contributed by atoms with van der Waals surface area (Å²) in [5.41, 5.74) is 0.321. The van der Waals surface area contributed by atoms with Crippen LogP contribution < -0.4 is 4.74 Å². The van der Waals surface area contributed by atoms with Gasteiger partial charge in [-0.3, -0.25) is 0 Å². The Bertz CT molecular complexity index is 578. The van der Waals surface area contributed by atoms with Crippen LogP contribution in [-0.4, -0.2) is 24.2 Å². The predicted molar refractivity (Wildman–Crippen MR) is 68.8 cm³/mol. The van der Waals surface area contributed by atoms with Gasteiger partial charge in [-0.2, -0.15) is 0 Å². The molecule has 0 saturated heterocycles. The van der Waals surface area contributed by atoms with Gasteiger partial charge in [0.1, 0.15) is 11.4 Å². The third-order valence-corrected chi connectivity index (χ3v) is 2.48. The molecule has 2 rings (SSSR count). The number of rotatable bonds is 3. The SMILES string of the molecule is COc1ccc2cc(C(=O)OC(C)C)ncc2c1. The van der Waals surface area contributed by atoms with Gasteiger partial charge in [-0.15, -0.1) is 0 Å². The number of esters is 1. The summed E-state index contributed by atoms with van der Waals surface area (Å²) in [7, 11) is 1.61. The fourth-order valence-electron chi connectivity index (χ4n) is 1.63. The molecule has 0 aliphatic heterocycles. The number of benzene rings is 1. The fourth-order valence-corrected chi connectivity index (χ4v) is 1.63. The Kier molecular flexibility index (Phi) is 3.46. The third kappa shape index (κ3) is 2.59. The molecule has 0 radical (unpaired) electrons. The Morgan fingerprint density at radius 2 is 2.00 bits per heavy atom. The van der Waals surface area contributed by atoms with Crippen LogP contribution in [0.5, 0.6) is 5.75 Å². The lowest BCUT2D eigenvalue weighted by atomic mass is 10.1. The van der Waals surface area contributed by atoms with E-state index in [0.29, 0.717) is 5.69 Å². The maximum atomic E-state index is 11.7. The molecule has 4 nitrogen and oxygen atoms in total. The number of aromatic nitrogens is 1. The van der Waals surface area contributed by atoms with Crippen molar-refractivity contribution in [1.82, 2.24) is 4.98 Å². The zero-order chi connectivity index (χ0) is 13.1. The molecule has 0 aliphatic carbocycles. The number of carbonyl (C=O) groups is 1. The minimum absolute atomic E-state index is 0.147. The Hall–Kier alpha value is -2.10. The molecular weight excluding hydrogens is 230 g/mol. The highest BCUT2D eigenvalue weighted by atomic mass is 16.5. The van der Waals surface area contributed by atoms with E-state index in [-0.39, 0.29) is 6.10 Å². The van der Waals surface area contributed by atoms with Crippen molar-refractivity contribution in [2.75, 3.05) is 7.11 Å². The van der Waals surface area contributed by atoms with Gasteiger partial charge in [-0.05, 0) is 37.4 Å². The molecule has 1 aromatic heterocycles. The van der Waals surface area contributed by atoms with E-state index in [1.807, 2.05) is 32.0 Å². The number of pyridine rings is 1. The molecule has 0 unspecified atom stereocenters. The lowest BCUT2D eigenvalue weighted by molar-refractivity contribution is 0.0371. The lowest BCUT2D eigenvalue weighted by Crippen LogP contribution is -2.12. The number of hydrogen-bond donors (Lipinski definition) is 0. The molecule has 4 heteroatoms. The molecule has 0 aliphatic rings. The Morgan fingerprint density at radius 3 is 2.67 bits per heavy atom. The van der Waals surface area contributed by atoms with E-state index < -0.39 is 5.97 Å². The molecule has 0 atom stereocenters. The average Bonchev–Trinajstić information content (AvgIpc) is 2.36. The second kappa shape index (κ2) is 5.04. The van der Waals surface area contributed by atoms with Crippen LogP contribution in [0.25, 0.3) is 10.8 Å². The van der Waals surface area contributed by atoms with Crippen molar-refractivity contribution >= 4 is 16.7 Å². The van der Waals surface area contributed by atoms with E-state index in [9.17, 15) is 4.79 Å². The van der Waals surface area contributed by atoms with Crippen LogP contribution in [0, 0.1) is 0 Å². The van der Waals surface area contributed by atoms with Crippen LogP contribution in [-0.2, 0) is 4.74 Å². The molecule has 2 aromatic rings. The second-order valence-corrected chi connectivity index (χ2v) is 4.24. The Morgan fingerprint density at radius 1 is 1.22 bits per heavy atom. The van der Waals surface area contributed by atoms with Gasteiger partial charge in [-0.1, -0.05) is 6.07 Å². The van der Waals surface area contributed by atoms with Gasteiger partial charge < -0.3 is 9.47 Å². The van der Waals surface area contributed by atoms with Gasteiger partial charge in [-0.25, -0.2) is 9.78 Å². The van der Waals surface area contributed by atoms with E-state index in [1.165, 1.54) is 0 Å². The molecule has 94 valence electrons. The average molecular weight is 245 g/mol. The number of ether oxygens (including phenoxy) is 2. The predicted octanol–water partition coefficient (Wildman–Crippen LogP) is 2.81. The van der Waals surface area contributed by atoms with Crippen molar-refractivity contribution < 1.29 is 14.3 Å². The molecule has 1 aromatic carbocycles. The summed E-state index contributed by atoms with van der Waals surface area (Å²) in [6.45, 7) is 3.62. The largest absolute Gasteiger partial charge is 0.497 e. The number of methoxy groups -OCH3 is 1. The van der Waals surface area contributed by atoms with Crippen molar-refractivity contribution in [3.8, 4) is 5.75 Å². The highest BCUT2D eigenvalue weighted by Gasteiger charge is 2.11. The molecular formula is C14H15NO3. The topological polar surface area (TPSA) is 48.4 Å². The molecule has 1 heterocycles. The molecule has 0 saturated carbocycles. The Balaban J connectivity index is 2.36. The van der Waals surface area contributed by atoms with Crippen LogP contribution in [0.4, 0.5) is 0 Å². The van der Waals surface area contributed by atoms with E-state index in [2.05, 4.69) is 4.98 Å². The zero-order valence-corrected chi connectivity index (χ0v) is 10.6. The normalized spacial score (nSPS) is 10.7. The number of fused-ring (bicyclic) bond motifs is 1. The zero-order valence-electron chi connectivity index (χ0n) is 10.6. The first-order valence-corrected chi connectivity index (χ1v) is 5.75. The number of hydrogen-bond acceptors (Lipinski definition) is 4. The Labute approximate surface area is 106 Å². The molecule has 0 fully saturated rings. The summed E-state index contributed by atoms with van der Waals surface area (Å²) in [6, 6.07) is 7.33. The summed E-state index contributed by atoms with van der Waals surface area (Å²) in [6.07, 6.45) is 1.50. The lowest BCUT2D eigenvalue weighted by Gasteiger charge is -2.08. The summed E-state index contributed by atoms with van der Waals surface area (Å²) in [5.74, 6) is 0.365. The highest BCUT2D eigenvalue weighted by molar-refractivity contribution is 5.93. The monoisotopic (exact) mass is 245 g/mol. The minimum atomic E-state index is -0.400. The van der Waals surface area contributed by atoms with Crippen molar-refractivity contribution in [3.63, 3.8) is 0 Å². The first-order valence-electron chi connectivity index (χ1n) is 5.75. The summed E-state index contributed by atoms with van der Waals surface area (Å²) in [5, 5.41) is 1.86.